The molecule has 16 heavy (non-hydrogen) atoms. The van der Waals surface area contributed by atoms with Gasteiger partial charge in [-0.15, -0.1) is 0 Å². The van der Waals surface area contributed by atoms with Gasteiger partial charge in [0.1, 0.15) is 12.4 Å². The van der Waals surface area contributed by atoms with Crippen LogP contribution in [0.5, 0.6) is 5.75 Å². The lowest BCUT2D eigenvalue weighted by Crippen LogP contribution is -2.44. The molecule has 0 aliphatic carbocycles. The number of piperidine rings is 3. The van der Waals surface area contributed by atoms with Gasteiger partial charge in [-0.25, -0.2) is 0 Å². The van der Waals surface area contributed by atoms with Crippen molar-refractivity contribution < 1.29 is 4.74 Å². The molecule has 1 atom stereocenters. The molecule has 0 radical (unpaired) electrons. The van der Waals surface area contributed by atoms with E-state index in [9.17, 15) is 0 Å². The first-order valence-electron chi connectivity index (χ1n) is 6.40. The maximum absolute atomic E-state index is 5.58. The maximum atomic E-state index is 5.58. The molecule has 3 saturated heterocycles. The molecule has 5 aliphatic heterocycles. The van der Waals surface area contributed by atoms with Gasteiger partial charge in [-0.05, 0) is 61.5 Å². The first-order chi connectivity index (χ1) is 7.90. The van der Waals surface area contributed by atoms with E-state index in [2.05, 4.69) is 23.1 Å². The number of rotatable bonds is 1. The van der Waals surface area contributed by atoms with Crippen molar-refractivity contribution in [2.24, 2.45) is 5.92 Å². The lowest BCUT2D eigenvalue weighted by molar-refractivity contribution is 0.0472. The number of nitrogens with zero attached hydrogens (tertiary/aromatic N) is 1. The van der Waals surface area contributed by atoms with Gasteiger partial charge >= 0.3 is 0 Å². The molecule has 6 rings (SSSR count). The molecule has 2 nitrogen and oxygen atoms in total. The topological polar surface area (TPSA) is 12.5 Å². The van der Waals surface area contributed by atoms with E-state index in [4.69, 9.17) is 4.74 Å². The minimum absolute atomic E-state index is 0.686. The summed E-state index contributed by atoms with van der Waals surface area (Å²) in [6.07, 6.45) is 4.21. The Morgan fingerprint density at radius 3 is 2.56 bits per heavy atom. The third kappa shape index (κ3) is 1.23. The van der Waals surface area contributed by atoms with Crippen molar-refractivity contribution in [2.45, 2.75) is 31.9 Å². The average Bonchev–Trinajstić information content (AvgIpc) is 2.41. The van der Waals surface area contributed by atoms with Crippen LogP contribution in [-0.4, -0.2) is 18.0 Å². The molecule has 1 unspecified atom stereocenters. The Hall–Kier alpha value is -1.02. The molecule has 84 valence electrons. The average molecular weight is 215 g/mol. The van der Waals surface area contributed by atoms with Crippen LogP contribution in [0.15, 0.2) is 18.2 Å². The molecule has 4 bridgehead atoms. The molecule has 3 fully saturated rings. The van der Waals surface area contributed by atoms with E-state index >= 15 is 0 Å². The largest absolute Gasteiger partial charge is 0.489 e. The van der Waals surface area contributed by atoms with Crippen molar-refractivity contribution in [3.8, 4) is 5.75 Å². The molecule has 0 N–H and O–H groups in total. The molecule has 5 heterocycles. The highest BCUT2D eigenvalue weighted by molar-refractivity contribution is 5.41. The Labute approximate surface area is 96.2 Å². The Balaban J connectivity index is 1.73. The van der Waals surface area contributed by atoms with Crippen LogP contribution in [0.1, 0.15) is 36.4 Å². The van der Waals surface area contributed by atoms with Crippen LogP contribution in [0.25, 0.3) is 0 Å². The van der Waals surface area contributed by atoms with Crippen molar-refractivity contribution in [2.75, 3.05) is 13.1 Å². The van der Waals surface area contributed by atoms with Gasteiger partial charge in [0.15, 0.2) is 0 Å². The molecule has 0 saturated carbocycles. The van der Waals surface area contributed by atoms with Crippen LogP contribution < -0.4 is 4.74 Å². The summed E-state index contributed by atoms with van der Waals surface area (Å²) in [5.41, 5.74) is 2.96. The van der Waals surface area contributed by atoms with Crippen molar-refractivity contribution in [3.05, 3.63) is 29.3 Å². The third-order valence-electron chi connectivity index (χ3n) is 4.52. The molecular weight excluding hydrogens is 198 g/mol. The van der Waals surface area contributed by atoms with Crippen molar-refractivity contribution in [3.63, 3.8) is 0 Å². The zero-order valence-corrected chi connectivity index (χ0v) is 9.48. The second-order valence-electron chi connectivity index (χ2n) is 5.38. The Morgan fingerprint density at radius 2 is 2.06 bits per heavy atom. The van der Waals surface area contributed by atoms with Crippen molar-refractivity contribution in [1.82, 2.24) is 4.90 Å². The fraction of sp³-hybridized carbons (Fsp3) is 0.571. The van der Waals surface area contributed by atoms with Gasteiger partial charge in [-0.1, -0.05) is 6.07 Å². The standard InChI is InChI=1S/C14H17NO/c1-2-12-8-13(11(1)9-16-12)14-7-10-3-5-15(14)6-4-10/h1-2,8,10,14H,3-7,9H2. The third-order valence-corrected chi connectivity index (χ3v) is 4.52. The molecule has 0 aromatic heterocycles. The van der Waals surface area contributed by atoms with Gasteiger partial charge < -0.3 is 4.74 Å². The summed E-state index contributed by atoms with van der Waals surface area (Å²) in [6, 6.07) is 7.30. The van der Waals surface area contributed by atoms with Gasteiger partial charge in [-0.3, -0.25) is 4.90 Å². The summed E-state index contributed by atoms with van der Waals surface area (Å²) in [6.45, 7) is 3.41. The Morgan fingerprint density at radius 1 is 1.19 bits per heavy atom. The number of benzene rings is 1. The second kappa shape index (κ2) is 3.24. The van der Waals surface area contributed by atoms with Gasteiger partial charge in [0.2, 0.25) is 0 Å². The summed E-state index contributed by atoms with van der Waals surface area (Å²) < 4.78 is 5.58. The fourth-order valence-electron chi connectivity index (χ4n) is 3.55. The molecule has 1 aromatic carbocycles. The van der Waals surface area contributed by atoms with Gasteiger partial charge in [0.25, 0.3) is 0 Å². The summed E-state index contributed by atoms with van der Waals surface area (Å²) >= 11 is 0. The molecule has 0 spiro atoms. The van der Waals surface area contributed by atoms with E-state index in [0.717, 1.165) is 18.3 Å². The highest BCUT2D eigenvalue weighted by Gasteiger charge is 2.35. The van der Waals surface area contributed by atoms with Crippen LogP contribution in [0.4, 0.5) is 0 Å². The first kappa shape index (κ1) is 9.06. The summed E-state index contributed by atoms with van der Waals surface area (Å²) in [4.78, 5) is 2.67. The van der Waals surface area contributed by atoms with Gasteiger partial charge in [-0.2, -0.15) is 0 Å². The second-order valence-corrected chi connectivity index (χ2v) is 5.38. The van der Waals surface area contributed by atoms with E-state index in [1.54, 1.807) is 5.56 Å². The normalized spacial score (nSPS) is 35.1. The van der Waals surface area contributed by atoms with Crippen LogP contribution in [-0.2, 0) is 6.61 Å². The fourth-order valence-corrected chi connectivity index (χ4v) is 3.55. The van der Waals surface area contributed by atoms with Crippen LogP contribution in [0.2, 0.25) is 0 Å². The number of ether oxygens (including phenoxy) is 1. The lowest BCUT2D eigenvalue weighted by atomic mass is 9.79. The minimum Gasteiger partial charge on any atom is -0.489 e. The van der Waals surface area contributed by atoms with Crippen molar-refractivity contribution >= 4 is 0 Å². The summed E-state index contributed by atoms with van der Waals surface area (Å²) in [7, 11) is 0. The zero-order valence-electron chi connectivity index (χ0n) is 9.48. The number of hydrogen-bond donors (Lipinski definition) is 0. The monoisotopic (exact) mass is 215 g/mol. The molecule has 5 aliphatic rings. The highest BCUT2D eigenvalue weighted by Crippen LogP contribution is 2.43. The predicted molar refractivity (Wildman–Crippen MR) is 62.4 cm³/mol. The van der Waals surface area contributed by atoms with E-state index < -0.39 is 0 Å². The smallest absolute Gasteiger partial charge is 0.120 e. The Kier molecular flexibility index (Phi) is 1.83. The summed E-state index contributed by atoms with van der Waals surface area (Å²) in [5, 5.41) is 0. The SMILES string of the molecule is c1cc2c(C3CC4CCN3CC4)cc1OC2. The molecule has 2 heteroatoms. The quantitative estimate of drug-likeness (QED) is 0.714. The van der Waals surface area contributed by atoms with Crippen LogP contribution >= 0.6 is 0 Å². The van der Waals surface area contributed by atoms with Crippen LogP contribution in [0.3, 0.4) is 0 Å². The summed E-state index contributed by atoms with van der Waals surface area (Å²) in [5.74, 6) is 2.04. The zero-order chi connectivity index (χ0) is 10.5. The molecule has 0 amide bonds. The lowest BCUT2D eigenvalue weighted by Gasteiger charge is -2.46. The minimum atomic E-state index is 0.686. The number of fused-ring (bicyclic) bond motifs is 7. The van der Waals surface area contributed by atoms with Gasteiger partial charge in [0, 0.05) is 6.04 Å². The van der Waals surface area contributed by atoms with Gasteiger partial charge in [0.05, 0.1) is 0 Å². The highest BCUT2D eigenvalue weighted by atomic mass is 16.5. The van der Waals surface area contributed by atoms with Crippen molar-refractivity contribution in [1.29, 1.82) is 0 Å². The van der Waals surface area contributed by atoms with E-state index in [1.807, 2.05) is 0 Å². The molecule has 1 aromatic rings. The first-order valence-corrected chi connectivity index (χ1v) is 6.40. The predicted octanol–water partition coefficient (Wildman–Crippen LogP) is 2.74. The number of hydrogen-bond acceptors (Lipinski definition) is 2. The van der Waals surface area contributed by atoms with E-state index in [0.29, 0.717) is 6.04 Å². The molecular formula is C14H17NO. The van der Waals surface area contributed by atoms with Crippen LogP contribution in [0, 0.1) is 5.92 Å². The maximum Gasteiger partial charge on any atom is 0.120 e. The van der Waals surface area contributed by atoms with E-state index in [-0.39, 0.29) is 0 Å². The Bertz CT molecular complexity index is 421. The van der Waals surface area contributed by atoms with E-state index in [1.165, 1.54) is 37.9 Å².